The number of hydrogen-bond donors (Lipinski definition) is 3. The van der Waals surface area contributed by atoms with Crippen LogP contribution in [-0.4, -0.2) is 47.4 Å². The zero-order valence-corrected chi connectivity index (χ0v) is 21.2. The molecule has 0 bridgehead atoms. The SMILES string of the molecule is COc1ccc(NC(=O)C2CNN3C=C(C)N(c4ccc(C(=O)c5cccc(O)c5)cc4)C(=O)C23)cc1C#N. The number of aromatic hydroxyl groups is 1. The van der Waals surface area contributed by atoms with Crippen molar-refractivity contribution in [3.05, 3.63) is 95.3 Å². The van der Waals surface area contributed by atoms with Crippen molar-refractivity contribution < 1.29 is 24.2 Å². The number of allylic oxidation sites excluding steroid dienone is 1. The summed E-state index contributed by atoms with van der Waals surface area (Å²) in [4.78, 5) is 41.3. The Kier molecular flexibility index (Phi) is 6.75. The highest BCUT2D eigenvalue weighted by atomic mass is 16.5. The normalized spacial score (nSPS) is 18.2. The van der Waals surface area contributed by atoms with E-state index in [4.69, 9.17) is 4.74 Å². The Balaban J connectivity index is 1.35. The second kappa shape index (κ2) is 10.3. The number of benzene rings is 3. The van der Waals surface area contributed by atoms with E-state index >= 15 is 0 Å². The molecular formula is C29H25N5O5. The molecule has 196 valence electrons. The van der Waals surface area contributed by atoms with Crippen LogP contribution < -0.4 is 20.4 Å². The van der Waals surface area contributed by atoms with Gasteiger partial charge in [0, 0.05) is 40.9 Å². The maximum atomic E-state index is 13.7. The number of rotatable bonds is 6. The van der Waals surface area contributed by atoms with Gasteiger partial charge in [0.1, 0.15) is 23.6 Å². The highest BCUT2D eigenvalue weighted by Gasteiger charge is 2.47. The minimum atomic E-state index is -0.795. The monoisotopic (exact) mass is 523 g/mol. The van der Waals surface area contributed by atoms with E-state index in [-0.39, 0.29) is 35.5 Å². The van der Waals surface area contributed by atoms with Crippen LogP contribution in [-0.2, 0) is 9.59 Å². The second-order valence-electron chi connectivity index (χ2n) is 9.21. The highest BCUT2D eigenvalue weighted by Crippen LogP contribution is 2.32. The average Bonchev–Trinajstić information content (AvgIpc) is 3.37. The summed E-state index contributed by atoms with van der Waals surface area (Å²) in [7, 11) is 1.46. The first-order valence-corrected chi connectivity index (χ1v) is 12.2. The lowest BCUT2D eigenvalue weighted by atomic mass is 9.96. The molecule has 0 aromatic heterocycles. The molecule has 0 radical (unpaired) electrons. The summed E-state index contributed by atoms with van der Waals surface area (Å²) in [5.74, 6) is -1.21. The number of hydrogen-bond acceptors (Lipinski definition) is 8. The summed E-state index contributed by atoms with van der Waals surface area (Å²) in [5.41, 5.74) is 5.78. The molecule has 0 spiro atoms. The molecule has 39 heavy (non-hydrogen) atoms. The number of phenolic OH excluding ortho intramolecular Hbond substituents is 1. The number of ketones is 1. The number of fused-ring (bicyclic) bond motifs is 1. The molecule has 3 N–H and O–H groups in total. The molecule has 5 rings (SSSR count). The van der Waals surface area contributed by atoms with E-state index in [1.54, 1.807) is 66.7 Å². The number of amides is 2. The predicted molar refractivity (Wildman–Crippen MR) is 143 cm³/mol. The number of phenols is 1. The molecule has 3 aromatic rings. The van der Waals surface area contributed by atoms with E-state index < -0.39 is 12.0 Å². The molecule has 2 amide bonds. The number of carbonyl (C=O) groups is 3. The van der Waals surface area contributed by atoms with Gasteiger partial charge < -0.3 is 20.2 Å². The third-order valence-corrected chi connectivity index (χ3v) is 6.75. The Morgan fingerprint density at radius 2 is 1.87 bits per heavy atom. The Morgan fingerprint density at radius 3 is 2.56 bits per heavy atom. The molecule has 2 aliphatic heterocycles. The zero-order chi connectivity index (χ0) is 27.7. The topological polar surface area (TPSA) is 135 Å². The van der Waals surface area contributed by atoms with E-state index in [2.05, 4.69) is 10.7 Å². The Bertz CT molecular complexity index is 1540. The van der Waals surface area contributed by atoms with Gasteiger partial charge in [-0.3, -0.25) is 19.3 Å². The van der Waals surface area contributed by atoms with Crippen molar-refractivity contribution in [3.8, 4) is 17.6 Å². The first-order chi connectivity index (χ1) is 18.8. The molecule has 1 fully saturated rings. The van der Waals surface area contributed by atoms with Gasteiger partial charge in [-0.25, -0.2) is 5.43 Å². The first-order valence-electron chi connectivity index (χ1n) is 12.2. The Labute approximate surface area is 224 Å². The van der Waals surface area contributed by atoms with Crippen LogP contribution in [0.2, 0.25) is 0 Å². The van der Waals surface area contributed by atoms with Crippen LogP contribution in [0.4, 0.5) is 11.4 Å². The summed E-state index contributed by atoms with van der Waals surface area (Å²) in [5, 5.41) is 23.5. The van der Waals surface area contributed by atoms with Gasteiger partial charge in [0.15, 0.2) is 5.78 Å². The quantitative estimate of drug-likeness (QED) is 0.420. The number of anilines is 2. The van der Waals surface area contributed by atoms with Crippen molar-refractivity contribution in [1.82, 2.24) is 10.4 Å². The molecule has 3 aromatic carbocycles. The number of nitriles is 1. The summed E-state index contributed by atoms with van der Waals surface area (Å²) in [6, 6.07) is 18.7. The van der Waals surface area contributed by atoms with E-state index in [1.165, 1.54) is 30.2 Å². The van der Waals surface area contributed by atoms with Gasteiger partial charge in [-0.15, -0.1) is 0 Å². The van der Waals surface area contributed by atoms with Crippen LogP contribution in [0, 0.1) is 17.2 Å². The first kappa shape index (κ1) is 25.5. The molecule has 2 unspecified atom stereocenters. The third kappa shape index (κ3) is 4.79. The Hall–Kier alpha value is -5.14. The lowest BCUT2D eigenvalue weighted by molar-refractivity contribution is -0.129. The number of ether oxygens (including phenoxy) is 1. The summed E-state index contributed by atoms with van der Waals surface area (Å²) < 4.78 is 5.15. The van der Waals surface area contributed by atoms with Crippen molar-refractivity contribution in [1.29, 1.82) is 5.26 Å². The second-order valence-corrected chi connectivity index (χ2v) is 9.21. The molecule has 10 nitrogen and oxygen atoms in total. The van der Waals surface area contributed by atoms with Crippen LogP contribution in [0.15, 0.2) is 78.6 Å². The molecule has 0 aliphatic carbocycles. The summed E-state index contributed by atoms with van der Waals surface area (Å²) in [6.07, 6.45) is 1.77. The van der Waals surface area contributed by atoms with Crippen LogP contribution in [0.3, 0.4) is 0 Å². The number of nitrogens with zero attached hydrogens (tertiary/aromatic N) is 3. The average molecular weight is 524 g/mol. The van der Waals surface area contributed by atoms with Gasteiger partial charge in [-0.2, -0.15) is 5.26 Å². The predicted octanol–water partition coefficient (Wildman–Crippen LogP) is 3.16. The maximum Gasteiger partial charge on any atom is 0.256 e. The van der Waals surface area contributed by atoms with Crippen molar-refractivity contribution in [2.24, 2.45) is 5.92 Å². The smallest absolute Gasteiger partial charge is 0.256 e. The van der Waals surface area contributed by atoms with Crippen LogP contribution in [0.25, 0.3) is 0 Å². The fourth-order valence-electron chi connectivity index (χ4n) is 4.84. The van der Waals surface area contributed by atoms with Crippen LogP contribution in [0.5, 0.6) is 11.5 Å². The number of methoxy groups -OCH3 is 1. The van der Waals surface area contributed by atoms with Crippen molar-refractivity contribution in [3.63, 3.8) is 0 Å². The zero-order valence-electron chi connectivity index (χ0n) is 21.2. The number of carbonyl (C=O) groups excluding carboxylic acids is 3. The molecule has 10 heteroatoms. The fourth-order valence-corrected chi connectivity index (χ4v) is 4.84. The van der Waals surface area contributed by atoms with E-state index in [1.807, 2.05) is 6.07 Å². The molecule has 2 heterocycles. The molecule has 2 aliphatic rings. The standard InChI is InChI=1S/C29H25N5O5/c1-17-16-33-26(24(15-31-33)28(37)32-21-8-11-25(39-2)20(12-21)14-30)29(38)34(17)22-9-6-18(7-10-22)27(36)19-4-3-5-23(35)13-19/h3-13,16,24,26,31,35H,15H2,1-2H3,(H,32,37). The molecule has 1 saturated heterocycles. The summed E-state index contributed by atoms with van der Waals surface area (Å²) >= 11 is 0. The van der Waals surface area contributed by atoms with E-state index in [9.17, 15) is 24.8 Å². The molecular weight excluding hydrogens is 498 g/mol. The molecule has 2 atom stereocenters. The Morgan fingerprint density at radius 1 is 1.10 bits per heavy atom. The van der Waals surface area contributed by atoms with Gasteiger partial charge in [-0.1, -0.05) is 12.1 Å². The van der Waals surface area contributed by atoms with Crippen molar-refractivity contribution >= 4 is 29.0 Å². The largest absolute Gasteiger partial charge is 0.508 e. The number of nitrogens with one attached hydrogen (secondary N) is 2. The van der Waals surface area contributed by atoms with E-state index in [0.717, 1.165) is 0 Å². The van der Waals surface area contributed by atoms with Gasteiger partial charge in [0.2, 0.25) is 5.91 Å². The van der Waals surface area contributed by atoms with Gasteiger partial charge in [0.05, 0.1) is 18.6 Å². The lowest BCUT2D eigenvalue weighted by Gasteiger charge is -2.36. The molecule has 0 saturated carbocycles. The maximum absolute atomic E-state index is 13.7. The third-order valence-electron chi connectivity index (χ3n) is 6.75. The van der Waals surface area contributed by atoms with Crippen LogP contribution >= 0.6 is 0 Å². The summed E-state index contributed by atoms with van der Waals surface area (Å²) in [6.45, 7) is 2.04. The van der Waals surface area contributed by atoms with Gasteiger partial charge >= 0.3 is 0 Å². The number of hydrazine groups is 1. The van der Waals surface area contributed by atoms with Gasteiger partial charge in [0.25, 0.3) is 5.91 Å². The minimum Gasteiger partial charge on any atom is -0.508 e. The fraction of sp³-hybridized carbons (Fsp3) is 0.172. The van der Waals surface area contributed by atoms with Gasteiger partial charge in [-0.05, 0) is 61.5 Å². The van der Waals surface area contributed by atoms with Crippen LogP contribution in [0.1, 0.15) is 28.4 Å². The van der Waals surface area contributed by atoms with E-state index in [0.29, 0.717) is 33.9 Å². The highest BCUT2D eigenvalue weighted by molar-refractivity contribution is 6.10. The lowest BCUT2D eigenvalue weighted by Crippen LogP contribution is -2.53. The minimum absolute atomic E-state index is 0.00274. The van der Waals surface area contributed by atoms with Crippen molar-refractivity contribution in [2.75, 3.05) is 23.9 Å². The van der Waals surface area contributed by atoms with Crippen molar-refractivity contribution in [2.45, 2.75) is 13.0 Å².